The third-order valence-electron chi connectivity index (χ3n) is 6.20. The molecule has 0 aromatic carbocycles. The van der Waals surface area contributed by atoms with E-state index in [4.69, 9.17) is 9.84 Å². The van der Waals surface area contributed by atoms with E-state index in [0.717, 1.165) is 38.5 Å². The molecule has 5 N–H and O–H groups in total. The zero-order valence-corrected chi connectivity index (χ0v) is 20.7. The van der Waals surface area contributed by atoms with Gasteiger partial charge in [0.15, 0.2) is 0 Å². The van der Waals surface area contributed by atoms with E-state index in [9.17, 15) is 25.2 Å². The number of ether oxygens (including phenoxy) is 1. The Morgan fingerprint density at radius 2 is 1.34 bits per heavy atom. The maximum atomic E-state index is 12.8. The molecule has 0 aromatic rings. The highest BCUT2D eigenvalue weighted by Crippen LogP contribution is 2.19. The van der Waals surface area contributed by atoms with Gasteiger partial charge in [0.2, 0.25) is 0 Å². The van der Waals surface area contributed by atoms with E-state index in [1.807, 2.05) is 6.92 Å². The van der Waals surface area contributed by atoms with Crippen LogP contribution in [0.15, 0.2) is 0 Å². The Labute approximate surface area is 194 Å². The molecule has 0 heterocycles. The fraction of sp³-hybridized carbons (Fsp3) is 0.958. The third kappa shape index (κ3) is 11.9. The molecule has 0 aliphatic heterocycles. The van der Waals surface area contributed by atoms with E-state index in [2.05, 4.69) is 13.8 Å². The average Bonchev–Trinajstić information content (AvgIpc) is 2.79. The molecule has 0 radical (unpaired) electrons. The predicted octanol–water partition coefficient (Wildman–Crippen LogP) is 1.99. The summed E-state index contributed by atoms with van der Waals surface area (Å²) in [6.07, 6.45) is 4.70. The molecule has 2 unspecified atom stereocenters. The number of unbranched alkanes of at least 4 members (excludes halogenated alkanes) is 8. The van der Waals surface area contributed by atoms with Crippen LogP contribution in [0.5, 0.6) is 0 Å². The van der Waals surface area contributed by atoms with E-state index in [1.165, 1.54) is 32.1 Å². The second-order valence-electron chi connectivity index (χ2n) is 8.97. The molecule has 192 valence electrons. The molecule has 0 saturated carbocycles. The highest BCUT2D eigenvalue weighted by Gasteiger charge is 2.42. The van der Waals surface area contributed by atoms with Crippen molar-refractivity contribution in [3.05, 3.63) is 0 Å². The van der Waals surface area contributed by atoms with Crippen LogP contribution in [0.1, 0.15) is 91.4 Å². The summed E-state index contributed by atoms with van der Waals surface area (Å²) in [5.74, 6) is -0.670. The number of aliphatic hydroxyl groups excluding tert-OH is 5. The minimum atomic E-state index is -1.82. The lowest BCUT2D eigenvalue weighted by Gasteiger charge is -2.37. The summed E-state index contributed by atoms with van der Waals surface area (Å²) in [6, 6.07) is -1.27. The summed E-state index contributed by atoms with van der Waals surface area (Å²) < 4.78 is 5.42. The molecule has 0 aliphatic carbocycles. The summed E-state index contributed by atoms with van der Waals surface area (Å²) >= 11 is 0. The van der Waals surface area contributed by atoms with E-state index in [0.29, 0.717) is 0 Å². The molecule has 0 aromatic heterocycles. The molecule has 8 heteroatoms. The van der Waals surface area contributed by atoms with Crippen molar-refractivity contribution in [1.29, 1.82) is 0 Å². The molecule has 6 atom stereocenters. The van der Waals surface area contributed by atoms with Gasteiger partial charge < -0.3 is 30.3 Å². The van der Waals surface area contributed by atoms with Gasteiger partial charge in [0.05, 0.1) is 13.2 Å². The number of hydrogen-bond acceptors (Lipinski definition) is 8. The highest BCUT2D eigenvalue weighted by molar-refractivity contribution is 5.76. The van der Waals surface area contributed by atoms with Crippen molar-refractivity contribution in [3.8, 4) is 0 Å². The zero-order valence-electron chi connectivity index (χ0n) is 20.7. The normalized spacial score (nSPS) is 17.6. The van der Waals surface area contributed by atoms with Crippen molar-refractivity contribution in [2.45, 2.75) is 128 Å². The number of hydrogen-bond donors (Lipinski definition) is 5. The number of likely N-dealkylation sites (N-methyl/N-ethyl adjacent to an activating group) is 1. The molecule has 8 nitrogen and oxygen atoms in total. The minimum Gasteiger partial charge on any atom is -0.464 e. The van der Waals surface area contributed by atoms with Crippen molar-refractivity contribution < 1.29 is 35.1 Å². The maximum Gasteiger partial charge on any atom is 0.326 e. The number of carbonyl (C=O) groups is 1. The monoisotopic (exact) mass is 463 g/mol. The fourth-order valence-electron chi connectivity index (χ4n) is 3.74. The molecule has 0 rings (SSSR count). The van der Waals surface area contributed by atoms with Crippen LogP contribution >= 0.6 is 0 Å². The maximum absolute atomic E-state index is 12.8. The van der Waals surface area contributed by atoms with Gasteiger partial charge in [0.25, 0.3) is 0 Å². The fourth-order valence-corrected chi connectivity index (χ4v) is 3.74. The largest absolute Gasteiger partial charge is 0.464 e. The first-order chi connectivity index (χ1) is 15.2. The number of carbonyl (C=O) groups excluding carboxylic acids is 1. The lowest BCUT2D eigenvalue weighted by atomic mass is 9.95. The van der Waals surface area contributed by atoms with Gasteiger partial charge in [0, 0.05) is 6.04 Å². The Balaban J connectivity index is 4.90. The molecule has 0 fully saturated rings. The van der Waals surface area contributed by atoms with Crippen molar-refractivity contribution in [1.82, 2.24) is 4.90 Å². The highest BCUT2D eigenvalue weighted by atomic mass is 16.5. The molecule has 0 bridgehead atoms. The Morgan fingerprint density at radius 3 is 1.88 bits per heavy atom. The van der Waals surface area contributed by atoms with Gasteiger partial charge in [-0.05, 0) is 26.8 Å². The molecule has 0 amide bonds. The number of aliphatic hydroxyl groups is 5. The average molecular weight is 464 g/mol. The van der Waals surface area contributed by atoms with Crippen molar-refractivity contribution in [3.63, 3.8) is 0 Å². The van der Waals surface area contributed by atoms with Crippen LogP contribution in [0.2, 0.25) is 0 Å². The SMILES string of the molecule is CCCCCCCCCCOC(=O)C([C@H](O)[C@@H](O)[C@H](O)[C@H](O)CO)N(C)C(C)CCCC. The molecule has 0 saturated heterocycles. The van der Waals surface area contributed by atoms with Crippen LogP contribution < -0.4 is 0 Å². The first-order valence-corrected chi connectivity index (χ1v) is 12.4. The lowest BCUT2D eigenvalue weighted by molar-refractivity contribution is -0.168. The first-order valence-electron chi connectivity index (χ1n) is 12.4. The standard InChI is InChI=1S/C24H49NO7/c1-5-7-9-10-11-12-13-14-16-32-24(31)20(25(4)18(3)15-8-6-2)22(29)23(30)21(28)19(27)17-26/h18-23,26-30H,5-17H2,1-4H3/t18?,19-,20?,21-,22+,23+/m1/s1. The van der Waals surface area contributed by atoms with Crippen LogP contribution in [0, 0.1) is 0 Å². The summed E-state index contributed by atoms with van der Waals surface area (Å²) in [4.78, 5) is 14.5. The Hall–Kier alpha value is -0.770. The van der Waals surface area contributed by atoms with Gasteiger partial charge in [-0.25, -0.2) is 0 Å². The quantitative estimate of drug-likeness (QED) is 0.137. The number of nitrogens with zero attached hydrogens (tertiary/aromatic N) is 1. The molecular weight excluding hydrogens is 414 g/mol. The van der Waals surface area contributed by atoms with Crippen LogP contribution in [0.4, 0.5) is 0 Å². The van der Waals surface area contributed by atoms with Crippen LogP contribution in [0.25, 0.3) is 0 Å². The summed E-state index contributed by atoms with van der Waals surface area (Å²) in [5.41, 5.74) is 0. The van der Waals surface area contributed by atoms with Gasteiger partial charge in [-0.2, -0.15) is 0 Å². The third-order valence-corrected chi connectivity index (χ3v) is 6.20. The van der Waals surface area contributed by atoms with E-state index in [-0.39, 0.29) is 12.6 Å². The first kappa shape index (κ1) is 31.2. The van der Waals surface area contributed by atoms with Crippen LogP contribution in [0.3, 0.4) is 0 Å². The van der Waals surface area contributed by atoms with Crippen LogP contribution in [-0.4, -0.2) is 93.2 Å². The van der Waals surface area contributed by atoms with E-state index in [1.54, 1.807) is 11.9 Å². The van der Waals surface area contributed by atoms with Gasteiger partial charge in [-0.1, -0.05) is 71.6 Å². The lowest BCUT2D eigenvalue weighted by Crippen LogP contribution is -2.58. The number of rotatable bonds is 20. The zero-order chi connectivity index (χ0) is 24.5. The Bertz CT molecular complexity index is 466. The Kier molecular flexibility index (Phi) is 18.2. The van der Waals surface area contributed by atoms with Gasteiger partial charge in [-0.3, -0.25) is 9.69 Å². The second-order valence-corrected chi connectivity index (χ2v) is 8.97. The van der Waals surface area contributed by atoms with Gasteiger partial charge in [0.1, 0.15) is 30.5 Å². The van der Waals surface area contributed by atoms with Crippen LogP contribution in [-0.2, 0) is 9.53 Å². The molecular formula is C24H49NO7. The van der Waals surface area contributed by atoms with E-state index >= 15 is 0 Å². The summed E-state index contributed by atoms with van der Waals surface area (Å²) in [7, 11) is 1.67. The summed E-state index contributed by atoms with van der Waals surface area (Å²) in [5, 5.41) is 49.7. The minimum absolute atomic E-state index is 0.0719. The molecule has 0 aliphatic rings. The second kappa shape index (κ2) is 18.6. The molecule has 32 heavy (non-hydrogen) atoms. The van der Waals surface area contributed by atoms with E-state index < -0.39 is 43.0 Å². The van der Waals surface area contributed by atoms with Crippen molar-refractivity contribution >= 4 is 5.97 Å². The van der Waals surface area contributed by atoms with Gasteiger partial charge >= 0.3 is 5.97 Å². The Morgan fingerprint density at radius 1 is 0.812 bits per heavy atom. The topological polar surface area (TPSA) is 131 Å². The van der Waals surface area contributed by atoms with Gasteiger partial charge in [-0.15, -0.1) is 0 Å². The van der Waals surface area contributed by atoms with Crippen molar-refractivity contribution in [2.24, 2.45) is 0 Å². The molecule has 0 spiro atoms. The predicted molar refractivity (Wildman–Crippen MR) is 125 cm³/mol. The smallest absolute Gasteiger partial charge is 0.326 e. The number of esters is 1. The van der Waals surface area contributed by atoms with Crippen molar-refractivity contribution in [2.75, 3.05) is 20.3 Å². The summed E-state index contributed by atoms with van der Waals surface area (Å²) in [6.45, 7) is 5.63.